The van der Waals surface area contributed by atoms with Crippen LogP contribution in [0.1, 0.15) is 25.8 Å². The number of nitrogens with one attached hydrogen (secondary N) is 1. The van der Waals surface area contributed by atoms with Crippen molar-refractivity contribution in [3.05, 3.63) is 59.2 Å². The van der Waals surface area contributed by atoms with Gasteiger partial charge in [-0.1, -0.05) is 18.6 Å². The third kappa shape index (κ3) is 10.3. The highest BCUT2D eigenvalue weighted by atomic mass is 32.2. The number of hydrogen-bond donors (Lipinski definition) is 2. The molecule has 2 aromatic carbocycles. The number of hydrogen-bond acceptors (Lipinski definition) is 7. The molecule has 0 atom stereocenters. The molecule has 0 aliphatic carbocycles. The van der Waals surface area contributed by atoms with Gasteiger partial charge in [-0.05, 0) is 55.3 Å². The first-order valence-electron chi connectivity index (χ1n) is 11.6. The Morgan fingerprint density at radius 1 is 0.944 bits per heavy atom. The third-order valence-corrected chi connectivity index (χ3v) is 6.37. The van der Waals surface area contributed by atoms with Crippen LogP contribution in [-0.4, -0.2) is 61.1 Å². The lowest BCUT2D eigenvalue weighted by molar-refractivity contribution is 0.0171. The van der Waals surface area contributed by atoms with Crippen molar-refractivity contribution in [1.82, 2.24) is 4.72 Å². The van der Waals surface area contributed by atoms with E-state index in [0.29, 0.717) is 45.1 Å². The number of halogens is 2. The van der Waals surface area contributed by atoms with Crippen molar-refractivity contribution in [1.29, 1.82) is 0 Å². The zero-order valence-electron chi connectivity index (χ0n) is 20.6. The van der Waals surface area contributed by atoms with Crippen molar-refractivity contribution in [2.24, 2.45) is 5.73 Å². The smallest absolute Gasteiger partial charge is 0.240 e. The molecule has 0 aromatic heterocycles. The molecule has 0 unspecified atom stereocenters. The number of sulfonamides is 1. The molecule has 0 aliphatic heterocycles. The zero-order chi connectivity index (χ0) is 26.4. The molecule has 0 saturated heterocycles. The van der Waals surface area contributed by atoms with Gasteiger partial charge in [0.1, 0.15) is 5.75 Å². The molecule has 200 valence electrons. The third-order valence-electron chi connectivity index (χ3n) is 4.89. The van der Waals surface area contributed by atoms with Crippen molar-refractivity contribution in [2.45, 2.75) is 25.2 Å². The fourth-order valence-corrected chi connectivity index (χ4v) is 3.92. The van der Waals surface area contributed by atoms with Gasteiger partial charge in [0.05, 0.1) is 44.5 Å². The molecule has 0 bridgehead atoms. The Morgan fingerprint density at radius 3 is 2.06 bits per heavy atom. The van der Waals surface area contributed by atoms with E-state index >= 15 is 0 Å². The van der Waals surface area contributed by atoms with E-state index in [2.05, 4.69) is 4.72 Å². The summed E-state index contributed by atoms with van der Waals surface area (Å²) in [5, 5.41) is 0. The second-order valence-electron chi connectivity index (χ2n) is 7.75. The van der Waals surface area contributed by atoms with Crippen LogP contribution >= 0.6 is 0 Å². The fourth-order valence-electron chi connectivity index (χ4n) is 2.91. The van der Waals surface area contributed by atoms with Gasteiger partial charge in [-0.2, -0.15) is 0 Å². The fraction of sp³-hybridized carbons (Fsp3) is 0.440. The Kier molecular flexibility index (Phi) is 13.0. The molecule has 2 rings (SSSR count). The maximum Gasteiger partial charge on any atom is 0.240 e. The van der Waals surface area contributed by atoms with Crippen molar-refractivity contribution < 1.29 is 36.1 Å². The molecule has 0 fully saturated rings. The summed E-state index contributed by atoms with van der Waals surface area (Å²) in [7, 11) is -3.79. The highest BCUT2D eigenvalue weighted by Crippen LogP contribution is 2.30. The van der Waals surface area contributed by atoms with Gasteiger partial charge in [-0.15, -0.1) is 0 Å². The van der Waals surface area contributed by atoms with Crippen LogP contribution in [0.15, 0.2) is 46.9 Å². The number of rotatable bonds is 17. The molecular weight excluding hydrogens is 494 g/mol. The lowest BCUT2D eigenvalue weighted by Crippen LogP contribution is -2.27. The maximum atomic E-state index is 14.4. The van der Waals surface area contributed by atoms with Crippen molar-refractivity contribution >= 4 is 16.1 Å². The molecule has 11 heteroatoms. The van der Waals surface area contributed by atoms with E-state index < -0.39 is 27.4 Å². The monoisotopic (exact) mass is 528 g/mol. The van der Waals surface area contributed by atoms with E-state index in [1.54, 1.807) is 6.08 Å². The predicted molar refractivity (Wildman–Crippen MR) is 134 cm³/mol. The first-order valence-corrected chi connectivity index (χ1v) is 13.1. The molecular formula is C25H34F2N2O6S. The molecule has 0 saturated carbocycles. The van der Waals surface area contributed by atoms with Gasteiger partial charge in [0, 0.05) is 13.1 Å². The number of benzene rings is 2. The van der Waals surface area contributed by atoms with E-state index in [-0.39, 0.29) is 23.8 Å². The summed E-state index contributed by atoms with van der Waals surface area (Å²) in [5.74, 6) is -2.17. The summed E-state index contributed by atoms with van der Waals surface area (Å²) in [6.45, 7) is 6.54. The van der Waals surface area contributed by atoms with Crippen LogP contribution in [0.4, 0.5) is 8.78 Å². The van der Waals surface area contributed by atoms with Crippen LogP contribution in [0, 0.1) is 11.6 Å². The van der Waals surface area contributed by atoms with Crippen LogP contribution in [0.25, 0.3) is 6.08 Å². The number of allylic oxidation sites excluding steroid dienone is 1. The summed E-state index contributed by atoms with van der Waals surface area (Å²) < 4.78 is 77.3. The van der Waals surface area contributed by atoms with Gasteiger partial charge in [0.25, 0.3) is 0 Å². The molecule has 0 spiro atoms. The largest absolute Gasteiger partial charge is 0.451 e. The minimum atomic E-state index is -3.79. The normalized spacial score (nSPS) is 12.2. The van der Waals surface area contributed by atoms with Gasteiger partial charge in [-0.3, -0.25) is 0 Å². The summed E-state index contributed by atoms with van der Waals surface area (Å²) in [4.78, 5) is -0.0212. The molecule has 2 aromatic rings. The van der Waals surface area contributed by atoms with E-state index in [1.165, 1.54) is 36.4 Å². The molecule has 36 heavy (non-hydrogen) atoms. The minimum Gasteiger partial charge on any atom is -0.451 e. The van der Waals surface area contributed by atoms with Gasteiger partial charge >= 0.3 is 0 Å². The Labute approximate surface area is 211 Å². The summed E-state index contributed by atoms with van der Waals surface area (Å²) in [6.07, 6.45) is 2.46. The Bertz CT molecular complexity index is 1060. The standard InChI is InChI=1S/C25H34F2N2O6S/c1-3-19(2)16-20-17-23(26)25(24(27)18-20)35-21-4-6-22(7-5-21)36(30,31)29-9-11-33-13-15-34-14-12-32-10-8-28/h4-7,16-18,29H,3,8-15,28H2,1-2H3/b19-16+. The summed E-state index contributed by atoms with van der Waals surface area (Å²) >= 11 is 0. The highest BCUT2D eigenvalue weighted by Gasteiger charge is 2.16. The van der Waals surface area contributed by atoms with Gasteiger partial charge in [0.15, 0.2) is 17.4 Å². The first-order chi connectivity index (χ1) is 17.3. The topological polar surface area (TPSA) is 109 Å². The van der Waals surface area contributed by atoms with Crippen LogP contribution in [-0.2, 0) is 24.2 Å². The first kappa shape index (κ1) is 29.8. The Hall–Kier alpha value is -2.41. The van der Waals surface area contributed by atoms with E-state index in [0.717, 1.165) is 12.0 Å². The van der Waals surface area contributed by atoms with Crippen LogP contribution in [0.5, 0.6) is 11.5 Å². The van der Waals surface area contributed by atoms with Crippen molar-refractivity contribution in [2.75, 3.05) is 52.7 Å². The molecule has 0 radical (unpaired) electrons. The molecule has 0 amide bonds. The number of nitrogens with two attached hydrogens (primary N) is 1. The minimum absolute atomic E-state index is 0.0212. The van der Waals surface area contributed by atoms with Crippen molar-refractivity contribution in [3.8, 4) is 11.5 Å². The zero-order valence-corrected chi connectivity index (χ0v) is 21.4. The van der Waals surface area contributed by atoms with Gasteiger partial charge < -0.3 is 24.7 Å². The predicted octanol–water partition coefficient (Wildman–Crippen LogP) is 3.86. The van der Waals surface area contributed by atoms with E-state index in [9.17, 15) is 17.2 Å². The van der Waals surface area contributed by atoms with Crippen LogP contribution in [0.3, 0.4) is 0 Å². The Balaban J connectivity index is 1.81. The highest BCUT2D eigenvalue weighted by molar-refractivity contribution is 7.89. The summed E-state index contributed by atoms with van der Waals surface area (Å²) in [6, 6.07) is 7.60. The summed E-state index contributed by atoms with van der Waals surface area (Å²) in [5.41, 5.74) is 6.68. The van der Waals surface area contributed by atoms with E-state index in [4.69, 9.17) is 24.7 Å². The van der Waals surface area contributed by atoms with Crippen LogP contribution in [0.2, 0.25) is 0 Å². The second kappa shape index (κ2) is 15.6. The molecule has 3 N–H and O–H groups in total. The number of ether oxygens (including phenoxy) is 4. The maximum absolute atomic E-state index is 14.4. The quantitative estimate of drug-likeness (QED) is 0.300. The van der Waals surface area contributed by atoms with Crippen LogP contribution < -0.4 is 15.2 Å². The lowest BCUT2D eigenvalue weighted by Gasteiger charge is -2.11. The van der Waals surface area contributed by atoms with Crippen molar-refractivity contribution in [3.63, 3.8) is 0 Å². The average molecular weight is 529 g/mol. The van der Waals surface area contributed by atoms with Gasteiger partial charge in [0.2, 0.25) is 10.0 Å². The molecule has 0 aliphatic rings. The van der Waals surface area contributed by atoms with Gasteiger partial charge in [-0.25, -0.2) is 21.9 Å². The Morgan fingerprint density at radius 2 is 1.50 bits per heavy atom. The second-order valence-corrected chi connectivity index (χ2v) is 9.52. The average Bonchev–Trinajstić information content (AvgIpc) is 2.85. The molecule has 0 heterocycles. The SMILES string of the molecule is CC/C(C)=C/c1cc(F)c(Oc2ccc(S(=O)(=O)NCCOCCOCCOCCN)cc2)c(F)c1. The van der Waals surface area contributed by atoms with E-state index in [1.807, 2.05) is 13.8 Å². The lowest BCUT2D eigenvalue weighted by atomic mass is 10.1. The molecule has 8 nitrogen and oxygen atoms in total.